The van der Waals surface area contributed by atoms with Gasteiger partial charge in [-0.15, -0.1) is 10.2 Å². The standard InChI is InChI=1S/C15H13N5O3/c1-8-17-18-14-10-5-9(23-2)3-4-11(10)20-7-16-13(15(21)22)12(20)6-19(8)14/h3-5,7H,6H2,1-2H3,(H,21,22). The Hall–Kier alpha value is -3.16. The minimum Gasteiger partial charge on any atom is -0.497 e. The Morgan fingerprint density at radius 3 is 2.91 bits per heavy atom. The first-order valence-corrected chi connectivity index (χ1v) is 6.98. The highest BCUT2D eigenvalue weighted by atomic mass is 16.5. The molecule has 8 heteroatoms. The molecule has 23 heavy (non-hydrogen) atoms. The zero-order valence-electron chi connectivity index (χ0n) is 12.5. The van der Waals surface area contributed by atoms with Crippen LogP contribution < -0.4 is 4.74 Å². The van der Waals surface area contributed by atoms with Crippen LogP contribution in [0, 0.1) is 6.92 Å². The fourth-order valence-electron chi connectivity index (χ4n) is 2.86. The minimum absolute atomic E-state index is 0.0349. The number of carboxylic acids is 1. The third-order valence-corrected chi connectivity index (χ3v) is 4.02. The van der Waals surface area contributed by atoms with Gasteiger partial charge in [0.2, 0.25) is 0 Å². The summed E-state index contributed by atoms with van der Waals surface area (Å²) < 4.78 is 8.96. The Morgan fingerprint density at radius 2 is 2.17 bits per heavy atom. The van der Waals surface area contributed by atoms with Crippen LogP contribution in [-0.2, 0) is 6.54 Å². The highest BCUT2D eigenvalue weighted by Gasteiger charge is 2.27. The second kappa shape index (κ2) is 4.67. The number of fused-ring (bicyclic) bond motifs is 5. The number of methoxy groups -OCH3 is 1. The largest absolute Gasteiger partial charge is 0.497 e. The van der Waals surface area contributed by atoms with Crippen LogP contribution in [0.3, 0.4) is 0 Å². The molecular formula is C15H13N5O3. The lowest BCUT2D eigenvalue weighted by atomic mass is 10.1. The summed E-state index contributed by atoms with van der Waals surface area (Å²) in [5, 5.41) is 17.8. The summed E-state index contributed by atoms with van der Waals surface area (Å²) in [6.45, 7) is 2.18. The molecule has 3 aromatic rings. The molecule has 0 fully saturated rings. The molecule has 116 valence electrons. The molecule has 1 N–H and O–H groups in total. The number of carboxylic acid groups (broad SMARTS) is 1. The molecule has 1 aliphatic heterocycles. The molecule has 0 saturated heterocycles. The lowest BCUT2D eigenvalue weighted by Crippen LogP contribution is -2.10. The van der Waals surface area contributed by atoms with Crippen molar-refractivity contribution >= 4 is 5.97 Å². The van der Waals surface area contributed by atoms with E-state index in [4.69, 9.17) is 4.74 Å². The van der Waals surface area contributed by atoms with Crippen molar-refractivity contribution in [2.24, 2.45) is 0 Å². The summed E-state index contributed by atoms with van der Waals surface area (Å²) >= 11 is 0. The Bertz CT molecular complexity index is 941. The Balaban J connectivity index is 2.08. The molecule has 3 heterocycles. The average molecular weight is 311 g/mol. The Morgan fingerprint density at radius 1 is 1.35 bits per heavy atom. The van der Waals surface area contributed by atoms with E-state index in [2.05, 4.69) is 15.2 Å². The second-order valence-electron chi connectivity index (χ2n) is 5.26. The Kier molecular flexibility index (Phi) is 2.74. The van der Waals surface area contributed by atoms with Crippen LogP contribution in [0.25, 0.3) is 17.1 Å². The number of aryl methyl sites for hydroxylation is 1. The third-order valence-electron chi connectivity index (χ3n) is 4.02. The summed E-state index contributed by atoms with van der Waals surface area (Å²) in [5.41, 5.74) is 2.24. The summed E-state index contributed by atoms with van der Waals surface area (Å²) in [6, 6.07) is 5.55. The predicted octanol–water partition coefficient (Wildman–Crippen LogP) is 1.51. The van der Waals surface area contributed by atoms with Crippen LogP contribution in [0.5, 0.6) is 5.75 Å². The van der Waals surface area contributed by atoms with Crippen LogP contribution in [0.15, 0.2) is 24.5 Å². The van der Waals surface area contributed by atoms with E-state index < -0.39 is 5.97 Å². The smallest absolute Gasteiger partial charge is 0.356 e. The highest BCUT2D eigenvalue weighted by molar-refractivity contribution is 5.87. The number of aromatic carboxylic acids is 1. The van der Waals surface area contributed by atoms with E-state index in [0.29, 0.717) is 29.6 Å². The quantitative estimate of drug-likeness (QED) is 0.603. The van der Waals surface area contributed by atoms with Gasteiger partial charge in [-0.25, -0.2) is 9.78 Å². The van der Waals surface area contributed by atoms with E-state index in [-0.39, 0.29) is 5.69 Å². The van der Waals surface area contributed by atoms with Gasteiger partial charge in [-0.2, -0.15) is 0 Å². The molecule has 0 amide bonds. The van der Waals surface area contributed by atoms with Crippen molar-refractivity contribution < 1.29 is 14.6 Å². The van der Waals surface area contributed by atoms with Crippen LogP contribution in [-0.4, -0.2) is 42.5 Å². The number of hydrogen-bond donors (Lipinski definition) is 1. The van der Waals surface area contributed by atoms with Crippen molar-refractivity contribution in [3.8, 4) is 22.8 Å². The van der Waals surface area contributed by atoms with Crippen molar-refractivity contribution in [2.45, 2.75) is 13.5 Å². The van der Waals surface area contributed by atoms with Gasteiger partial charge in [-0.1, -0.05) is 0 Å². The molecule has 0 radical (unpaired) electrons. The van der Waals surface area contributed by atoms with Crippen molar-refractivity contribution in [3.63, 3.8) is 0 Å². The van der Waals surface area contributed by atoms with Crippen LogP contribution in [0.1, 0.15) is 22.0 Å². The second-order valence-corrected chi connectivity index (χ2v) is 5.26. The molecule has 8 nitrogen and oxygen atoms in total. The number of carbonyl (C=O) groups is 1. The molecule has 0 saturated carbocycles. The number of rotatable bonds is 2. The maximum Gasteiger partial charge on any atom is 0.356 e. The summed E-state index contributed by atoms with van der Waals surface area (Å²) in [7, 11) is 1.60. The zero-order chi connectivity index (χ0) is 16.1. The monoisotopic (exact) mass is 311 g/mol. The first-order chi connectivity index (χ1) is 11.1. The van der Waals surface area contributed by atoms with Crippen LogP contribution in [0.4, 0.5) is 0 Å². The van der Waals surface area contributed by atoms with Crippen molar-refractivity contribution in [3.05, 3.63) is 41.7 Å². The highest BCUT2D eigenvalue weighted by Crippen LogP contribution is 2.34. The number of hydrogen-bond acceptors (Lipinski definition) is 5. The van der Waals surface area contributed by atoms with Crippen molar-refractivity contribution in [1.82, 2.24) is 24.3 Å². The fraction of sp³-hybridized carbons (Fsp3) is 0.200. The van der Waals surface area contributed by atoms with Crippen LogP contribution in [0.2, 0.25) is 0 Å². The average Bonchev–Trinajstić information content (AvgIpc) is 3.09. The molecule has 0 unspecified atom stereocenters. The van der Waals surface area contributed by atoms with Gasteiger partial charge in [0.1, 0.15) is 17.9 Å². The molecule has 1 aliphatic rings. The first-order valence-electron chi connectivity index (χ1n) is 6.98. The van der Waals surface area contributed by atoms with Gasteiger partial charge >= 0.3 is 5.97 Å². The molecule has 0 aliphatic carbocycles. The summed E-state index contributed by atoms with van der Waals surface area (Å²) in [5.74, 6) is 1.03. The van der Waals surface area contributed by atoms with Gasteiger partial charge in [0.05, 0.1) is 25.0 Å². The lowest BCUT2D eigenvalue weighted by molar-refractivity contribution is 0.0689. The number of imidazole rings is 1. The van der Waals surface area contributed by atoms with Crippen molar-refractivity contribution in [2.75, 3.05) is 7.11 Å². The van der Waals surface area contributed by atoms with E-state index in [1.807, 2.05) is 29.7 Å². The Labute approximate surface area is 131 Å². The van der Waals surface area contributed by atoms with Gasteiger partial charge in [0.15, 0.2) is 11.5 Å². The number of aromatic nitrogens is 5. The van der Waals surface area contributed by atoms with Gasteiger partial charge in [0.25, 0.3) is 0 Å². The maximum atomic E-state index is 11.5. The van der Waals surface area contributed by atoms with E-state index in [1.165, 1.54) is 6.33 Å². The molecule has 0 atom stereocenters. The first kappa shape index (κ1) is 13.5. The van der Waals surface area contributed by atoms with Crippen LogP contribution >= 0.6 is 0 Å². The minimum atomic E-state index is -1.05. The van der Waals surface area contributed by atoms with Gasteiger partial charge in [-0.3, -0.25) is 4.57 Å². The molecule has 0 spiro atoms. The molecule has 0 bridgehead atoms. The molecule has 2 aromatic heterocycles. The van der Waals surface area contributed by atoms with E-state index >= 15 is 0 Å². The molecule has 1 aromatic carbocycles. The van der Waals surface area contributed by atoms with E-state index in [9.17, 15) is 9.90 Å². The fourth-order valence-corrected chi connectivity index (χ4v) is 2.86. The predicted molar refractivity (Wildman–Crippen MR) is 79.9 cm³/mol. The van der Waals surface area contributed by atoms with E-state index in [0.717, 1.165) is 11.3 Å². The van der Waals surface area contributed by atoms with Gasteiger partial charge in [-0.05, 0) is 25.1 Å². The number of benzene rings is 1. The number of nitrogens with zero attached hydrogens (tertiary/aromatic N) is 5. The topological polar surface area (TPSA) is 95.1 Å². The number of ether oxygens (including phenoxy) is 1. The third kappa shape index (κ3) is 1.84. The van der Waals surface area contributed by atoms with E-state index in [1.54, 1.807) is 11.7 Å². The zero-order valence-corrected chi connectivity index (χ0v) is 12.5. The lowest BCUT2D eigenvalue weighted by Gasteiger charge is -2.09. The maximum absolute atomic E-state index is 11.5. The SMILES string of the molecule is COc1ccc2c(c1)-c1nnc(C)n1Cc1c(C(=O)O)ncn1-2. The van der Waals surface area contributed by atoms with Gasteiger partial charge in [0, 0.05) is 5.56 Å². The molecular weight excluding hydrogens is 298 g/mol. The molecule has 4 rings (SSSR count). The van der Waals surface area contributed by atoms with Crippen molar-refractivity contribution in [1.29, 1.82) is 0 Å². The summed E-state index contributed by atoms with van der Waals surface area (Å²) in [6.07, 6.45) is 1.53. The summed E-state index contributed by atoms with van der Waals surface area (Å²) in [4.78, 5) is 15.5. The van der Waals surface area contributed by atoms with Gasteiger partial charge < -0.3 is 14.4 Å². The normalized spacial score (nSPS) is 12.1.